The molecule has 3 aromatic rings. The molecule has 1 aromatic carbocycles. The van der Waals surface area contributed by atoms with Crippen LogP contribution in [0.3, 0.4) is 0 Å². The van der Waals surface area contributed by atoms with Crippen molar-refractivity contribution in [3.8, 4) is 0 Å². The molecule has 0 saturated carbocycles. The third kappa shape index (κ3) is 3.77. The van der Waals surface area contributed by atoms with Crippen molar-refractivity contribution in [1.29, 1.82) is 0 Å². The Morgan fingerprint density at radius 2 is 1.96 bits per heavy atom. The number of nitrogens with zero attached hydrogens (tertiary/aromatic N) is 1. The van der Waals surface area contributed by atoms with Crippen LogP contribution in [0.1, 0.15) is 18.1 Å². The molecule has 0 bridgehead atoms. The Labute approximate surface area is 168 Å². The first-order chi connectivity index (χ1) is 13.5. The summed E-state index contributed by atoms with van der Waals surface area (Å²) < 4.78 is 32.7. The second-order valence-electron chi connectivity index (χ2n) is 7.04. The van der Waals surface area contributed by atoms with E-state index in [1.807, 2.05) is 12.1 Å². The number of aryl methyl sites for hydroxylation is 1. The number of thiophene rings is 1. The number of fused-ring (bicyclic) bond motifs is 1. The first-order valence-electron chi connectivity index (χ1n) is 9.40. The Bertz CT molecular complexity index is 1130. The van der Waals surface area contributed by atoms with Gasteiger partial charge in [0.15, 0.2) is 0 Å². The summed E-state index contributed by atoms with van der Waals surface area (Å²) in [5.41, 5.74) is 2.38. The standard InChI is InChI=1S/C20H22N2O4S2/c1-2-15-5-6-17-16(13-19(23)26-18(17)12-15)14-21-7-9-22(10-8-21)28(24,25)20-4-3-11-27-20/h3-6,11-13H,2,7-10,14H2,1H3/p+1. The first kappa shape index (κ1) is 19.3. The Morgan fingerprint density at radius 3 is 2.64 bits per heavy atom. The van der Waals surface area contributed by atoms with Gasteiger partial charge in [-0.1, -0.05) is 25.1 Å². The number of nitrogens with one attached hydrogen (secondary N) is 1. The molecule has 1 aliphatic rings. The third-order valence-corrected chi connectivity index (χ3v) is 8.53. The average molecular weight is 420 g/mol. The lowest BCUT2D eigenvalue weighted by atomic mass is 10.1. The van der Waals surface area contributed by atoms with E-state index in [-0.39, 0.29) is 5.63 Å². The molecule has 1 fully saturated rings. The third-order valence-electron chi connectivity index (χ3n) is 5.26. The predicted octanol–water partition coefficient (Wildman–Crippen LogP) is 1.51. The van der Waals surface area contributed by atoms with Crippen molar-refractivity contribution < 1.29 is 17.7 Å². The zero-order valence-corrected chi connectivity index (χ0v) is 17.3. The van der Waals surface area contributed by atoms with Crippen LogP contribution in [-0.2, 0) is 23.0 Å². The highest BCUT2D eigenvalue weighted by atomic mass is 32.2. The van der Waals surface area contributed by atoms with Crippen molar-refractivity contribution in [3.63, 3.8) is 0 Å². The van der Waals surface area contributed by atoms with E-state index in [1.54, 1.807) is 27.9 Å². The minimum atomic E-state index is -3.39. The monoisotopic (exact) mass is 419 g/mol. The minimum absolute atomic E-state index is 0.339. The van der Waals surface area contributed by atoms with Crippen molar-refractivity contribution >= 4 is 32.3 Å². The van der Waals surface area contributed by atoms with Gasteiger partial charge in [-0.25, -0.2) is 13.2 Å². The molecule has 0 aliphatic carbocycles. The fourth-order valence-corrected chi connectivity index (χ4v) is 6.25. The van der Waals surface area contributed by atoms with E-state index in [1.165, 1.54) is 16.2 Å². The SMILES string of the molecule is CCc1ccc2c(C[NH+]3CCN(S(=O)(=O)c4cccs4)CC3)cc(=O)oc2c1. The highest BCUT2D eigenvalue weighted by Crippen LogP contribution is 2.21. The molecular formula is C20H23N2O4S2+. The van der Waals surface area contributed by atoms with Gasteiger partial charge in [0.1, 0.15) is 16.3 Å². The molecular weight excluding hydrogens is 396 g/mol. The molecule has 2 aromatic heterocycles. The Kier molecular flexibility index (Phi) is 5.37. The fourth-order valence-electron chi connectivity index (χ4n) is 3.67. The van der Waals surface area contributed by atoms with Crippen LogP contribution in [0.25, 0.3) is 11.0 Å². The summed E-state index contributed by atoms with van der Waals surface area (Å²) in [7, 11) is -3.39. The lowest BCUT2D eigenvalue weighted by Gasteiger charge is -2.31. The zero-order valence-electron chi connectivity index (χ0n) is 15.7. The van der Waals surface area contributed by atoms with Crippen LogP contribution in [0.4, 0.5) is 0 Å². The lowest BCUT2D eigenvalue weighted by molar-refractivity contribution is -0.917. The number of hydrogen-bond acceptors (Lipinski definition) is 5. The second-order valence-corrected chi connectivity index (χ2v) is 10.2. The van der Waals surface area contributed by atoms with Crippen LogP contribution in [0.2, 0.25) is 0 Å². The molecule has 28 heavy (non-hydrogen) atoms. The highest BCUT2D eigenvalue weighted by molar-refractivity contribution is 7.91. The number of hydrogen-bond donors (Lipinski definition) is 1. The molecule has 4 rings (SSSR count). The molecule has 0 atom stereocenters. The molecule has 0 unspecified atom stereocenters. The maximum atomic E-state index is 12.7. The molecule has 8 heteroatoms. The average Bonchev–Trinajstić information content (AvgIpc) is 3.23. The van der Waals surface area contributed by atoms with Gasteiger partial charge in [0, 0.05) is 17.0 Å². The van der Waals surface area contributed by atoms with Crippen LogP contribution in [0.5, 0.6) is 0 Å². The number of benzene rings is 1. The molecule has 1 saturated heterocycles. The lowest BCUT2D eigenvalue weighted by Crippen LogP contribution is -3.13. The minimum Gasteiger partial charge on any atom is -0.423 e. The Hall–Kier alpha value is -2.00. The van der Waals surface area contributed by atoms with E-state index in [2.05, 4.69) is 13.0 Å². The summed E-state index contributed by atoms with van der Waals surface area (Å²) >= 11 is 1.25. The van der Waals surface area contributed by atoms with Crippen LogP contribution in [0.15, 0.2) is 55.2 Å². The van der Waals surface area contributed by atoms with Gasteiger partial charge in [0.2, 0.25) is 0 Å². The first-order valence-corrected chi connectivity index (χ1v) is 11.7. The molecule has 0 spiro atoms. The van der Waals surface area contributed by atoms with Crippen molar-refractivity contribution in [1.82, 2.24) is 4.31 Å². The Balaban J connectivity index is 1.50. The summed E-state index contributed by atoms with van der Waals surface area (Å²) in [6.45, 7) is 5.13. The van der Waals surface area contributed by atoms with Crippen molar-refractivity contribution in [3.05, 3.63) is 63.3 Å². The van der Waals surface area contributed by atoms with Crippen molar-refractivity contribution in [2.75, 3.05) is 26.2 Å². The Morgan fingerprint density at radius 1 is 1.18 bits per heavy atom. The summed E-state index contributed by atoms with van der Waals surface area (Å²) in [5.74, 6) is 0. The summed E-state index contributed by atoms with van der Waals surface area (Å²) in [6.07, 6.45) is 0.885. The highest BCUT2D eigenvalue weighted by Gasteiger charge is 2.31. The zero-order chi connectivity index (χ0) is 19.7. The number of quaternary nitrogens is 1. The molecule has 0 radical (unpaired) electrons. The van der Waals surface area contributed by atoms with Gasteiger partial charge in [0.05, 0.1) is 26.2 Å². The predicted molar refractivity (Wildman–Crippen MR) is 109 cm³/mol. The number of rotatable bonds is 5. The summed E-state index contributed by atoms with van der Waals surface area (Å²) in [6, 6.07) is 11.0. The van der Waals surface area contributed by atoms with E-state index in [0.29, 0.717) is 42.5 Å². The molecule has 3 heterocycles. The summed E-state index contributed by atoms with van der Waals surface area (Å²) in [5, 5.41) is 2.74. The largest absolute Gasteiger partial charge is 0.423 e. The van der Waals surface area contributed by atoms with Gasteiger partial charge in [-0.2, -0.15) is 4.31 Å². The fraction of sp³-hybridized carbons (Fsp3) is 0.350. The van der Waals surface area contributed by atoms with Crippen LogP contribution in [-0.4, -0.2) is 38.9 Å². The molecule has 1 N–H and O–H groups in total. The van der Waals surface area contributed by atoms with Crippen molar-refractivity contribution in [2.45, 2.75) is 24.1 Å². The quantitative estimate of drug-likeness (QED) is 0.637. The molecule has 148 valence electrons. The van der Waals surface area contributed by atoms with E-state index in [9.17, 15) is 13.2 Å². The van der Waals surface area contributed by atoms with Crippen LogP contribution < -0.4 is 10.5 Å². The van der Waals surface area contributed by atoms with Gasteiger partial charge in [0.25, 0.3) is 10.0 Å². The smallest absolute Gasteiger partial charge is 0.336 e. The van der Waals surface area contributed by atoms with Crippen LogP contribution in [0, 0.1) is 0 Å². The number of sulfonamides is 1. The van der Waals surface area contributed by atoms with Gasteiger partial charge in [-0.05, 0) is 29.5 Å². The maximum Gasteiger partial charge on any atom is 0.336 e. The van der Waals surface area contributed by atoms with Crippen molar-refractivity contribution in [2.24, 2.45) is 0 Å². The number of piperazine rings is 1. The normalized spacial score (nSPS) is 16.6. The molecule has 1 aliphatic heterocycles. The van der Waals surface area contributed by atoms with E-state index >= 15 is 0 Å². The van der Waals surface area contributed by atoms with E-state index < -0.39 is 10.0 Å². The van der Waals surface area contributed by atoms with Gasteiger partial charge < -0.3 is 9.32 Å². The topological polar surface area (TPSA) is 72.0 Å². The second kappa shape index (κ2) is 7.79. The van der Waals surface area contributed by atoms with Crippen LogP contribution >= 0.6 is 11.3 Å². The maximum absolute atomic E-state index is 12.7. The van der Waals surface area contributed by atoms with E-state index in [0.717, 1.165) is 22.9 Å². The molecule has 6 nitrogen and oxygen atoms in total. The summed E-state index contributed by atoms with van der Waals surface area (Å²) in [4.78, 5) is 13.3. The van der Waals surface area contributed by atoms with Gasteiger partial charge in [-0.3, -0.25) is 0 Å². The van der Waals surface area contributed by atoms with E-state index in [4.69, 9.17) is 4.42 Å². The molecule has 0 amide bonds. The van der Waals surface area contributed by atoms with Gasteiger partial charge in [-0.15, -0.1) is 11.3 Å². The van der Waals surface area contributed by atoms with Gasteiger partial charge >= 0.3 is 5.63 Å².